The molecule has 1 atom stereocenters. The van der Waals surface area contributed by atoms with Crippen molar-refractivity contribution in [3.8, 4) is 23.8 Å². The van der Waals surface area contributed by atoms with Gasteiger partial charge in [0.05, 0.1) is 19.3 Å². The number of benzene rings is 1. The first-order chi connectivity index (χ1) is 9.62. The molecule has 0 aliphatic rings. The summed E-state index contributed by atoms with van der Waals surface area (Å²) in [6, 6.07) is 4.46. The molecule has 5 heteroatoms. The van der Waals surface area contributed by atoms with Crippen LogP contribution in [0, 0.1) is 12.3 Å². The summed E-state index contributed by atoms with van der Waals surface area (Å²) >= 11 is 0. The zero-order valence-corrected chi connectivity index (χ0v) is 11.8. The molecular weight excluding hydrogens is 256 g/mol. The summed E-state index contributed by atoms with van der Waals surface area (Å²) in [5, 5.41) is 2.70. The predicted octanol–water partition coefficient (Wildman–Crippen LogP) is 1.77. The van der Waals surface area contributed by atoms with E-state index in [-0.39, 0.29) is 12.3 Å². The van der Waals surface area contributed by atoms with Crippen molar-refractivity contribution in [2.75, 3.05) is 18.5 Å². The Bertz CT molecular complexity index is 494. The van der Waals surface area contributed by atoms with Crippen LogP contribution in [0.15, 0.2) is 18.2 Å². The molecule has 1 amide bonds. The fourth-order valence-corrected chi connectivity index (χ4v) is 1.58. The number of carbonyl (C=O) groups excluding carboxylic acids is 1. The molecule has 0 fully saturated rings. The monoisotopic (exact) mass is 276 g/mol. The summed E-state index contributed by atoms with van der Waals surface area (Å²) in [7, 11) is 0. The Kier molecular flexibility index (Phi) is 6.41. The molecule has 0 heterocycles. The van der Waals surface area contributed by atoms with Crippen LogP contribution in [0.2, 0.25) is 0 Å². The van der Waals surface area contributed by atoms with Crippen molar-refractivity contribution in [3.63, 3.8) is 0 Å². The summed E-state index contributed by atoms with van der Waals surface area (Å²) < 4.78 is 10.9. The summed E-state index contributed by atoms with van der Waals surface area (Å²) in [5.41, 5.74) is 6.23. The van der Waals surface area contributed by atoms with Gasteiger partial charge in [-0.1, -0.05) is 0 Å². The number of ether oxygens (including phenoxy) is 2. The highest BCUT2D eigenvalue weighted by molar-refractivity contribution is 5.95. The molecule has 0 saturated carbocycles. The van der Waals surface area contributed by atoms with Crippen molar-refractivity contribution in [1.29, 1.82) is 0 Å². The van der Waals surface area contributed by atoms with Crippen LogP contribution in [-0.4, -0.2) is 25.2 Å². The number of nitrogens with two attached hydrogens (primary N) is 1. The molecule has 0 aromatic heterocycles. The third-order valence-corrected chi connectivity index (χ3v) is 2.49. The van der Waals surface area contributed by atoms with Gasteiger partial charge in [0.1, 0.15) is 0 Å². The molecular formula is C15H20N2O3. The van der Waals surface area contributed by atoms with Crippen LogP contribution in [0.25, 0.3) is 0 Å². The lowest BCUT2D eigenvalue weighted by Gasteiger charge is -2.14. The van der Waals surface area contributed by atoms with Crippen LogP contribution < -0.4 is 20.5 Å². The van der Waals surface area contributed by atoms with E-state index < -0.39 is 6.04 Å². The Morgan fingerprint density at radius 1 is 1.35 bits per heavy atom. The summed E-state index contributed by atoms with van der Waals surface area (Å²) in [4.78, 5) is 11.8. The number of terminal acetylenes is 1. The van der Waals surface area contributed by atoms with Crippen LogP contribution in [0.3, 0.4) is 0 Å². The van der Waals surface area contributed by atoms with Crippen LogP contribution in [0.1, 0.15) is 20.3 Å². The first-order valence-corrected chi connectivity index (χ1v) is 6.51. The molecule has 0 saturated heterocycles. The average molecular weight is 276 g/mol. The number of amides is 1. The molecule has 5 nitrogen and oxygen atoms in total. The van der Waals surface area contributed by atoms with Gasteiger partial charge in [-0.3, -0.25) is 4.79 Å². The Morgan fingerprint density at radius 3 is 2.60 bits per heavy atom. The zero-order chi connectivity index (χ0) is 15.0. The lowest BCUT2D eigenvalue weighted by Crippen LogP contribution is -2.35. The van der Waals surface area contributed by atoms with Crippen molar-refractivity contribution >= 4 is 11.6 Å². The van der Waals surface area contributed by atoms with Crippen molar-refractivity contribution in [2.45, 2.75) is 26.3 Å². The lowest BCUT2D eigenvalue weighted by molar-refractivity contribution is -0.117. The van der Waals surface area contributed by atoms with Crippen molar-refractivity contribution in [1.82, 2.24) is 0 Å². The van der Waals surface area contributed by atoms with Gasteiger partial charge in [-0.15, -0.1) is 12.3 Å². The molecule has 108 valence electrons. The smallest absolute Gasteiger partial charge is 0.242 e. The fraction of sp³-hybridized carbons (Fsp3) is 0.400. The van der Waals surface area contributed by atoms with Gasteiger partial charge in [0, 0.05) is 18.2 Å². The molecule has 0 radical (unpaired) electrons. The minimum absolute atomic E-state index is 0.196. The lowest BCUT2D eigenvalue weighted by atomic mass is 10.2. The van der Waals surface area contributed by atoms with Crippen molar-refractivity contribution in [2.24, 2.45) is 5.73 Å². The maximum absolute atomic E-state index is 11.8. The SMILES string of the molecule is C#CCC(N)C(=O)Nc1ccc(OCC)c(OCC)c1. The molecule has 0 aliphatic carbocycles. The van der Waals surface area contributed by atoms with Gasteiger partial charge in [0.25, 0.3) is 0 Å². The van der Waals surface area contributed by atoms with Crippen LogP contribution in [0.4, 0.5) is 5.69 Å². The van der Waals surface area contributed by atoms with E-state index in [0.717, 1.165) is 0 Å². The summed E-state index contributed by atoms with van der Waals surface area (Å²) in [5.74, 6) is 3.26. The van der Waals surface area contributed by atoms with E-state index in [0.29, 0.717) is 30.4 Å². The number of carbonyl (C=O) groups is 1. The highest BCUT2D eigenvalue weighted by Crippen LogP contribution is 2.30. The normalized spacial score (nSPS) is 11.3. The number of nitrogens with one attached hydrogen (secondary N) is 1. The maximum Gasteiger partial charge on any atom is 0.242 e. The molecule has 1 aromatic rings. The highest BCUT2D eigenvalue weighted by Gasteiger charge is 2.13. The second-order valence-corrected chi connectivity index (χ2v) is 4.03. The maximum atomic E-state index is 11.8. The van der Waals surface area contributed by atoms with Crippen LogP contribution in [-0.2, 0) is 4.79 Å². The average Bonchev–Trinajstić information content (AvgIpc) is 2.42. The van der Waals surface area contributed by atoms with Gasteiger partial charge in [-0.05, 0) is 26.0 Å². The van der Waals surface area contributed by atoms with Crippen molar-refractivity contribution < 1.29 is 14.3 Å². The van der Waals surface area contributed by atoms with Gasteiger partial charge in [-0.2, -0.15) is 0 Å². The highest BCUT2D eigenvalue weighted by atomic mass is 16.5. The third-order valence-electron chi connectivity index (χ3n) is 2.49. The molecule has 0 aliphatic heterocycles. The third kappa shape index (κ3) is 4.48. The quantitative estimate of drug-likeness (QED) is 0.744. The van der Waals surface area contributed by atoms with Gasteiger partial charge < -0.3 is 20.5 Å². The van der Waals surface area contributed by atoms with E-state index in [9.17, 15) is 4.79 Å². The van der Waals surface area contributed by atoms with Crippen LogP contribution >= 0.6 is 0 Å². The van der Waals surface area contributed by atoms with E-state index in [1.54, 1.807) is 18.2 Å². The number of rotatable bonds is 7. The number of anilines is 1. The van der Waals surface area contributed by atoms with Gasteiger partial charge in [0.15, 0.2) is 11.5 Å². The fourth-order valence-electron chi connectivity index (χ4n) is 1.58. The standard InChI is InChI=1S/C15H20N2O3/c1-4-7-12(16)15(18)17-11-8-9-13(19-5-2)14(10-11)20-6-3/h1,8-10,12H,5-7,16H2,2-3H3,(H,17,18). The van der Waals surface area contributed by atoms with E-state index in [4.69, 9.17) is 21.6 Å². The van der Waals surface area contributed by atoms with Crippen LogP contribution in [0.5, 0.6) is 11.5 Å². The molecule has 1 rings (SSSR count). The Hall–Kier alpha value is -2.19. The van der Waals surface area contributed by atoms with Gasteiger partial charge >= 0.3 is 0 Å². The molecule has 20 heavy (non-hydrogen) atoms. The first-order valence-electron chi connectivity index (χ1n) is 6.51. The molecule has 1 aromatic carbocycles. The molecule has 1 unspecified atom stereocenters. The Balaban J connectivity index is 2.83. The van der Waals surface area contributed by atoms with E-state index in [1.807, 2.05) is 13.8 Å². The van der Waals surface area contributed by atoms with E-state index in [2.05, 4.69) is 11.2 Å². The summed E-state index contributed by atoms with van der Waals surface area (Å²) in [6.45, 7) is 4.82. The first kappa shape index (κ1) is 15.9. The van der Waals surface area contributed by atoms with E-state index in [1.165, 1.54) is 0 Å². The molecule has 0 bridgehead atoms. The minimum Gasteiger partial charge on any atom is -0.490 e. The minimum atomic E-state index is -0.720. The largest absolute Gasteiger partial charge is 0.490 e. The van der Waals surface area contributed by atoms with Crippen molar-refractivity contribution in [3.05, 3.63) is 18.2 Å². The zero-order valence-electron chi connectivity index (χ0n) is 11.8. The predicted molar refractivity (Wildman–Crippen MR) is 78.8 cm³/mol. The second-order valence-electron chi connectivity index (χ2n) is 4.03. The Morgan fingerprint density at radius 2 is 2.00 bits per heavy atom. The summed E-state index contributed by atoms with van der Waals surface area (Å²) in [6.07, 6.45) is 5.33. The number of hydrogen-bond donors (Lipinski definition) is 2. The molecule has 0 spiro atoms. The van der Waals surface area contributed by atoms with Gasteiger partial charge in [0.2, 0.25) is 5.91 Å². The second kappa shape index (κ2) is 8.08. The Labute approximate surface area is 119 Å². The van der Waals surface area contributed by atoms with Gasteiger partial charge in [-0.25, -0.2) is 0 Å². The molecule has 3 N–H and O–H groups in total. The number of hydrogen-bond acceptors (Lipinski definition) is 4. The van der Waals surface area contributed by atoms with E-state index >= 15 is 0 Å². The topological polar surface area (TPSA) is 73.6 Å².